The van der Waals surface area contributed by atoms with Gasteiger partial charge in [0, 0.05) is 50.5 Å². The van der Waals surface area contributed by atoms with Gasteiger partial charge < -0.3 is 15.5 Å². The number of halogens is 2. The first kappa shape index (κ1) is 20.9. The Bertz CT molecular complexity index is 861. The Morgan fingerprint density at radius 1 is 1.17 bits per heavy atom. The minimum absolute atomic E-state index is 0.167. The van der Waals surface area contributed by atoms with E-state index in [9.17, 15) is 23.2 Å². The van der Waals surface area contributed by atoms with Crippen molar-refractivity contribution in [1.29, 1.82) is 0 Å². The number of rotatable bonds is 5. The van der Waals surface area contributed by atoms with Crippen LogP contribution in [0.3, 0.4) is 0 Å². The van der Waals surface area contributed by atoms with E-state index in [1.165, 1.54) is 4.90 Å². The highest BCUT2D eigenvalue weighted by atomic mass is 19.3. The third kappa shape index (κ3) is 4.09. The van der Waals surface area contributed by atoms with E-state index in [4.69, 9.17) is 0 Å². The van der Waals surface area contributed by atoms with Crippen molar-refractivity contribution in [3.8, 4) is 0 Å². The molecule has 0 bridgehead atoms. The van der Waals surface area contributed by atoms with Gasteiger partial charge in [-0.25, -0.2) is 8.78 Å². The molecule has 3 amide bonds. The Morgan fingerprint density at radius 3 is 2.80 bits per heavy atom. The zero-order chi connectivity index (χ0) is 21.3. The number of piperidine rings is 1. The van der Waals surface area contributed by atoms with Gasteiger partial charge in [-0.05, 0) is 30.5 Å². The second kappa shape index (κ2) is 8.39. The summed E-state index contributed by atoms with van der Waals surface area (Å²) in [7, 11) is 0. The number of carbonyl (C=O) groups excluding carboxylic acids is 3. The maximum Gasteiger partial charge on any atom is 0.255 e. The number of nitrogens with zero attached hydrogens (tertiary/aromatic N) is 1. The zero-order valence-electron chi connectivity index (χ0n) is 16.7. The Morgan fingerprint density at radius 2 is 2.00 bits per heavy atom. The summed E-state index contributed by atoms with van der Waals surface area (Å²) in [4.78, 5) is 38.2. The number of carbonyl (C=O) groups is 3. The molecule has 0 radical (unpaired) electrons. The number of amides is 3. The smallest absolute Gasteiger partial charge is 0.255 e. The predicted octanol–water partition coefficient (Wildman–Crippen LogP) is 1.17. The van der Waals surface area contributed by atoms with Crippen LogP contribution in [0.4, 0.5) is 8.78 Å². The Labute approximate surface area is 173 Å². The van der Waals surface area contributed by atoms with Crippen LogP contribution in [0.1, 0.15) is 47.2 Å². The van der Waals surface area contributed by atoms with Crippen LogP contribution < -0.4 is 16.0 Å². The molecule has 2 saturated heterocycles. The van der Waals surface area contributed by atoms with Crippen molar-refractivity contribution in [1.82, 2.24) is 20.9 Å². The van der Waals surface area contributed by atoms with Gasteiger partial charge in [-0.3, -0.25) is 19.7 Å². The molecule has 2 atom stereocenters. The first-order chi connectivity index (χ1) is 14.4. The molecule has 0 saturated carbocycles. The third-order valence-corrected chi connectivity index (χ3v) is 6.25. The van der Waals surface area contributed by atoms with Gasteiger partial charge in [0.25, 0.3) is 11.8 Å². The summed E-state index contributed by atoms with van der Waals surface area (Å²) >= 11 is 0. The fraction of sp³-hybridized carbons (Fsp3) is 0.571. The van der Waals surface area contributed by atoms with Crippen LogP contribution >= 0.6 is 0 Å². The van der Waals surface area contributed by atoms with E-state index < -0.39 is 23.8 Å². The normalized spacial score (nSPS) is 26.3. The fourth-order valence-electron chi connectivity index (χ4n) is 4.54. The first-order valence-electron chi connectivity index (χ1n) is 10.4. The van der Waals surface area contributed by atoms with Crippen molar-refractivity contribution >= 4 is 17.7 Å². The van der Waals surface area contributed by atoms with Gasteiger partial charge in [0.15, 0.2) is 0 Å². The van der Waals surface area contributed by atoms with Crippen molar-refractivity contribution in [3.05, 3.63) is 34.9 Å². The first-order valence-corrected chi connectivity index (χ1v) is 10.4. The lowest BCUT2D eigenvalue weighted by Gasteiger charge is -2.29. The highest BCUT2D eigenvalue weighted by Crippen LogP contribution is 2.32. The molecule has 3 aliphatic rings. The van der Waals surface area contributed by atoms with Crippen LogP contribution in [-0.4, -0.2) is 54.2 Å². The monoisotopic (exact) mass is 420 g/mol. The highest BCUT2D eigenvalue weighted by molar-refractivity contribution is 6.05. The van der Waals surface area contributed by atoms with Gasteiger partial charge in [-0.15, -0.1) is 0 Å². The van der Waals surface area contributed by atoms with E-state index in [0.29, 0.717) is 44.6 Å². The van der Waals surface area contributed by atoms with E-state index in [1.54, 1.807) is 0 Å². The standard InChI is InChI=1S/C21H26F2N4O3/c22-21(23)7-9-24-8-6-15(21)11-25-10-13-2-1-3-14-12-27(20(30)18(13)14)16-4-5-17(28)26-19(16)29/h1-3,15-16,24-25H,4-12H2,(H,26,28,29). The maximum atomic E-state index is 14.3. The summed E-state index contributed by atoms with van der Waals surface area (Å²) in [6.07, 6.45) is 0.743. The number of fused-ring (bicyclic) bond motifs is 1. The van der Waals surface area contributed by atoms with Gasteiger partial charge >= 0.3 is 0 Å². The van der Waals surface area contributed by atoms with E-state index in [1.807, 2.05) is 18.2 Å². The van der Waals surface area contributed by atoms with E-state index in [0.717, 1.165) is 11.1 Å². The molecule has 0 aliphatic carbocycles. The quantitative estimate of drug-likeness (QED) is 0.623. The van der Waals surface area contributed by atoms with Crippen LogP contribution in [0.15, 0.2) is 18.2 Å². The van der Waals surface area contributed by atoms with Crippen LogP contribution in [0, 0.1) is 5.92 Å². The van der Waals surface area contributed by atoms with Gasteiger partial charge in [0.1, 0.15) is 6.04 Å². The number of imide groups is 1. The highest BCUT2D eigenvalue weighted by Gasteiger charge is 2.41. The molecule has 1 aromatic rings. The second-order valence-corrected chi connectivity index (χ2v) is 8.23. The molecule has 3 N–H and O–H groups in total. The van der Waals surface area contributed by atoms with Crippen molar-refractivity contribution in [2.75, 3.05) is 19.6 Å². The number of hydrogen-bond acceptors (Lipinski definition) is 5. The third-order valence-electron chi connectivity index (χ3n) is 6.25. The molecule has 4 rings (SSSR count). The summed E-state index contributed by atoms with van der Waals surface area (Å²) in [5, 5.41) is 8.41. The Kier molecular flexibility index (Phi) is 5.84. The molecule has 1 aromatic carbocycles. The van der Waals surface area contributed by atoms with Gasteiger partial charge in [-0.2, -0.15) is 0 Å². The number of nitrogens with one attached hydrogen (secondary N) is 3. The lowest BCUT2D eigenvalue weighted by atomic mass is 9.96. The fourth-order valence-corrected chi connectivity index (χ4v) is 4.54. The molecule has 30 heavy (non-hydrogen) atoms. The lowest BCUT2D eigenvalue weighted by molar-refractivity contribution is -0.136. The second-order valence-electron chi connectivity index (χ2n) is 8.23. The summed E-state index contributed by atoms with van der Waals surface area (Å²) < 4.78 is 28.5. The molecule has 0 spiro atoms. The molecule has 7 nitrogen and oxygen atoms in total. The molecule has 2 unspecified atom stereocenters. The topological polar surface area (TPSA) is 90.5 Å². The lowest BCUT2D eigenvalue weighted by Crippen LogP contribution is -2.52. The van der Waals surface area contributed by atoms with Crippen molar-refractivity contribution in [2.45, 2.75) is 50.7 Å². The Balaban J connectivity index is 1.43. The summed E-state index contributed by atoms with van der Waals surface area (Å²) in [6, 6.07) is 4.82. The van der Waals surface area contributed by atoms with Gasteiger partial charge in [0.05, 0.1) is 0 Å². The SMILES string of the molecule is O=C1CCC(N2Cc3cccc(CNCC4CCNCCC4(F)F)c3C2=O)C(=O)N1. The van der Waals surface area contributed by atoms with E-state index in [-0.39, 0.29) is 31.2 Å². The van der Waals surface area contributed by atoms with Crippen LogP contribution in [-0.2, 0) is 22.7 Å². The molecule has 2 fully saturated rings. The van der Waals surface area contributed by atoms with Crippen LogP contribution in [0.5, 0.6) is 0 Å². The molecular weight excluding hydrogens is 394 g/mol. The van der Waals surface area contributed by atoms with Crippen molar-refractivity contribution in [3.63, 3.8) is 0 Å². The minimum atomic E-state index is -2.71. The molecule has 162 valence electrons. The van der Waals surface area contributed by atoms with Crippen molar-refractivity contribution < 1.29 is 23.2 Å². The maximum absolute atomic E-state index is 14.3. The summed E-state index contributed by atoms with van der Waals surface area (Å²) in [5.41, 5.74) is 2.08. The number of hydrogen-bond donors (Lipinski definition) is 3. The Hall–Kier alpha value is -2.39. The van der Waals surface area contributed by atoms with E-state index >= 15 is 0 Å². The summed E-state index contributed by atoms with van der Waals surface area (Å²) in [6.45, 7) is 1.67. The number of alkyl halides is 2. The predicted molar refractivity (Wildman–Crippen MR) is 105 cm³/mol. The largest absolute Gasteiger partial charge is 0.322 e. The average molecular weight is 420 g/mol. The minimum Gasteiger partial charge on any atom is -0.322 e. The molecule has 3 heterocycles. The van der Waals surface area contributed by atoms with Gasteiger partial charge in [-0.1, -0.05) is 18.2 Å². The number of benzene rings is 1. The van der Waals surface area contributed by atoms with Crippen molar-refractivity contribution in [2.24, 2.45) is 5.92 Å². The zero-order valence-corrected chi connectivity index (χ0v) is 16.7. The van der Waals surface area contributed by atoms with E-state index in [2.05, 4.69) is 16.0 Å². The molecular formula is C21H26F2N4O3. The van der Waals surface area contributed by atoms with Crippen LogP contribution in [0.25, 0.3) is 0 Å². The molecule has 9 heteroatoms. The molecule has 0 aromatic heterocycles. The van der Waals surface area contributed by atoms with Crippen LogP contribution in [0.2, 0.25) is 0 Å². The summed E-state index contributed by atoms with van der Waals surface area (Å²) in [5.74, 6) is -4.49. The average Bonchev–Trinajstić information content (AvgIpc) is 2.93. The molecule has 3 aliphatic heterocycles. The van der Waals surface area contributed by atoms with Gasteiger partial charge in [0.2, 0.25) is 11.8 Å².